The minimum absolute atomic E-state index is 0. The number of ether oxygens (including phenoxy) is 5. The Labute approximate surface area is 439 Å². The van der Waals surface area contributed by atoms with E-state index in [1.54, 1.807) is 11.6 Å². The average Bonchev–Trinajstić information content (AvgIpc) is 4.06. The number of nitrogens with zero attached hydrogens (tertiary/aromatic N) is 8. The molecule has 0 spiro atoms. The summed E-state index contributed by atoms with van der Waals surface area (Å²) in [6.07, 6.45) is -0.890. The molecule has 6 atom stereocenters. The van der Waals surface area contributed by atoms with Gasteiger partial charge in [0.25, 0.3) is 0 Å². The third kappa shape index (κ3) is 14.4. The topological polar surface area (TPSA) is 250 Å². The molecule has 2 fully saturated rings. The quantitative estimate of drug-likeness (QED) is 0.0371. The summed E-state index contributed by atoms with van der Waals surface area (Å²) >= 11 is 0. The number of aliphatic hydroxyl groups is 1. The van der Waals surface area contributed by atoms with Gasteiger partial charge in [0, 0.05) is 62.0 Å². The van der Waals surface area contributed by atoms with Gasteiger partial charge in [0.05, 0.1) is 45.9 Å². The maximum Gasteiger partial charge on any atom is 1.00 e. The Balaban J connectivity index is 0.00000444. The van der Waals surface area contributed by atoms with E-state index in [9.17, 15) is 38.2 Å². The van der Waals surface area contributed by atoms with Gasteiger partial charge in [-0.1, -0.05) is 13.0 Å². The van der Waals surface area contributed by atoms with Gasteiger partial charge in [-0.15, -0.1) is 0 Å². The molecule has 5 aromatic rings. The van der Waals surface area contributed by atoms with Gasteiger partial charge in [-0.3, -0.25) is 0 Å². The van der Waals surface area contributed by atoms with Gasteiger partial charge in [0.15, 0.2) is 6.10 Å². The van der Waals surface area contributed by atoms with Crippen LogP contribution in [0.2, 0.25) is 0 Å². The predicted octanol–water partition coefficient (Wildman–Crippen LogP) is -3.16. The van der Waals surface area contributed by atoms with Crippen molar-refractivity contribution in [3.63, 3.8) is 0 Å². The molecule has 360 valence electrons. The van der Waals surface area contributed by atoms with Gasteiger partial charge in [-0.05, 0) is 74.4 Å². The fraction of sp³-hybridized carbons (Fsp3) is 0.442. The van der Waals surface area contributed by atoms with Gasteiger partial charge in [0.2, 0.25) is 6.29 Å². The molecule has 2 saturated heterocycles. The molecule has 2 aromatic heterocycles. The number of anilines is 2. The second kappa shape index (κ2) is 24.7. The number of hydrogen-bond donors (Lipinski definition) is 1. The minimum atomic E-state index is -5.45. The van der Waals surface area contributed by atoms with E-state index >= 15 is 4.39 Å². The van der Waals surface area contributed by atoms with E-state index < -0.39 is 74.0 Å². The summed E-state index contributed by atoms with van der Waals surface area (Å²) in [5.41, 5.74) is 1.29. The summed E-state index contributed by atoms with van der Waals surface area (Å²) < 4.78 is 74.7. The number of phosphoric ester groups is 1. The van der Waals surface area contributed by atoms with E-state index in [2.05, 4.69) is 29.5 Å². The molecule has 0 amide bonds. The number of phosphoric acid groups is 1. The van der Waals surface area contributed by atoms with Crippen LogP contribution in [0.3, 0.4) is 0 Å². The number of aromatic nitrogens is 6. The Hall–Kier alpha value is -4.23. The van der Waals surface area contributed by atoms with Crippen LogP contribution in [0.25, 0.3) is 5.69 Å². The van der Waals surface area contributed by atoms with Crippen LogP contribution in [-0.4, -0.2) is 111 Å². The Kier molecular flexibility index (Phi) is 20.0. The standard InChI is InChI=1S/C43H51F2N8O13P.2Na/c1-4-38(28(2)64-42(57)66-29(3)65-40(55)39(54)23-63-67(58,59)60)53-41(56)52(27-48-53)34-8-6-32(7-9-34)49-15-17-50(18-16-49)33-10-12-35(13-11-33)61-21-30-20-43(62-22-30,24-51-26-46-25-47-51)36-14-5-31(44)19-37(36)45;;/h5-14,19,25-30,38-39,54H,4,15-18,20-24H2,1-3H3,(H2,58,59,60);;/q;2*+1/p-2/t28-,29?,30+,38-,39?,43-;;/m0../s1. The zero-order chi connectivity index (χ0) is 47.9. The van der Waals surface area contributed by atoms with E-state index in [0.29, 0.717) is 37.5 Å². The molecule has 3 aromatic carbocycles. The van der Waals surface area contributed by atoms with Crippen LogP contribution >= 0.6 is 7.82 Å². The largest absolute Gasteiger partial charge is 1.00 e. The van der Waals surface area contributed by atoms with Gasteiger partial charge in [-0.2, -0.15) is 10.2 Å². The number of hydrogen-bond acceptors (Lipinski definition) is 18. The number of aliphatic hydroxyl groups excluding tert-OH is 1. The van der Waals surface area contributed by atoms with Crippen molar-refractivity contribution in [2.24, 2.45) is 5.92 Å². The third-order valence-electron chi connectivity index (χ3n) is 11.4. The molecule has 0 radical (unpaired) electrons. The van der Waals surface area contributed by atoms with Crippen LogP contribution in [0.15, 0.2) is 90.5 Å². The monoisotopic (exact) mass is 1000 g/mol. The molecule has 1 N–H and O–H groups in total. The van der Waals surface area contributed by atoms with Crippen molar-refractivity contribution in [1.82, 2.24) is 29.1 Å². The van der Waals surface area contributed by atoms with Crippen molar-refractivity contribution in [1.29, 1.82) is 0 Å². The number of carbonyl (C=O) groups is 2. The summed E-state index contributed by atoms with van der Waals surface area (Å²) in [6.45, 7) is 7.11. The molecule has 4 heterocycles. The van der Waals surface area contributed by atoms with Crippen molar-refractivity contribution >= 4 is 31.3 Å². The Bertz CT molecular complexity index is 2570. The second-order valence-electron chi connectivity index (χ2n) is 16.0. The zero-order valence-electron chi connectivity index (χ0n) is 38.7. The molecule has 7 rings (SSSR count). The summed E-state index contributed by atoms with van der Waals surface area (Å²) in [4.78, 5) is 67.6. The van der Waals surface area contributed by atoms with Crippen LogP contribution in [0, 0.1) is 17.6 Å². The Morgan fingerprint density at radius 1 is 0.913 bits per heavy atom. The molecular formula is C43H49F2N8Na2O13P. The van der Waals surface area contributed by atoms with Crippen LogP contribution in [0.5, 0.6) is 5.75 Å². The first-order valence-corrected chi connectivity index (χ1v) is 22.8. The van der Waals surface area contributed by atoms with Crippen molar-refractivity contribution in [3.05, 3.63) is 113 Å². The maximum atomic E-state index is 15.0. The average molecular weight is 1000 g/mol. The van der Waals surface area contributed by atoms with Gasteiger partial charge in [0.1, 0.15) is 48.1 Å². The first kappa shape index (κ1) is 55.7. The summed E-state index contributed by atoms with van der Waals surface area (Å²) in [6, 6.07) is 18.1. The zero-order valence-corrected chi connectivity index (χ0v) is 43.6. The number of benzene rings is 3. The van der Waals surface area contributed by atoms with Crippen molar-refractivity contribution in [3.8, 4) is 11.4 Å². The minimum Gasteiger partial charge on any atom is -0.790 e. The van der Waals surface area contributed by atoms with Crippen LogP contribution in [0.4, 0.5) is 25.0 Å². The molecule has 2 aliphatic rings. The summed E-state index contributed by atoms with van der Waals surface area (Å²) in [7, 11) is -5.45. The number of piperazine rings is 1. The molecule has 21 nitrogen and oxygen atoms in total. The van der Waals surface area contributed by atoms with Gasteiger partial charge in [-0.25, -0.2) is 42.1 Å². The molecule has 2 aliphatic heterocycles. The van der Waals surface area contributed by atoms with E-state index in [1.807, 2.05) is 48.5 Å². The second-order valence-corrected chi connectivity index (χ2v) is 17.2. The molecule has 0 bridgehead atoms. The van der Waals surface area contributed by atoms with E-state index in [4.69, 9.17) is 23.7 Å². The smallest absolute Gasteiger partial charge is 0.790 e. The van der Waals surface area contributed by atoms with Crippen LogP contribution in [0.1, 0.15) is 45.2 Å². The molecule has 69 heavy (non-hydrogen) atoms. The van der Waals surface area contributed by atoms with E-state index in [0.717, 1.165) is 50.5 Å². The third-order valence-corrected chi connectivity index (χ3v) is 11.9. The van der Waals surface area contributed by atoms with Crippen LogP contribution < -0.4 is 89.1 Å². The SMILES string of the molecule is CC[C@@H]([C@H](C)OC(=O)OC(C)OC(=O)C(O)COP(=O)([O-])[O-])n1ncn(-c2ccc(N3CCN(c4ccc(OC[C@@H]5CO[C@@](Cn6cncn6)(c6ccc(F)cc6F)C5)cc4)CC3)cc2)c1=O.[Na+].[Na+]. The fourth-order valence-corrected chi connectivity index (χ4v) is 8.44. The van der Waals surface area contributed by atoms with E-state index in [1.165, 1.54) is 47.3 Å². The molecule has 0 aliphatic carbocycles. The number of esters is 1. The van der Waals surface area contributed by atoms with Crippen molar-refractivity contribution in [2.45, 2.75) is 70.3 Å². The molecule has 2 unspecified atom stereocenters. The van der Waals surface area contributed by atoms with Crippen LogP contribution in [-0.2, 0) is 45.0 Å². The van der Waals surface area contributed by atoms with E-state index in [-0.39, 0.29) is 77.1 Å². The first-order chi connectivity index (χ1) is 32.0. The summed E-state index contributed by atoms with van der Waals surface area (Å²) in [5, 5.41) is 18.1. The Morgan fingerprint density at radius 2 is 1.55 bits per heavy atom. The number of halogens is 2. The molecular weight excluding hydrogens is 951 g/mol. The van der Waals surface area contributed by atoms with Gasteiger partial charge >= 0.3 is 76.9 Å². The maximum absolute atomic E-state index is 15.0. The first-order valence-electron chi connectivity index (χ1n) is 21.3. The fourth-order valence-electron chi connectivity index (χ4n) is 8.12. The summed E-state index contributed by atoms with van der Waals surface area (Å²) in [5.74, 6) is -2.14. The number of rotatable bonds is 19. The number of carbonyl (C=O) groups excluding carboxylic acids is 2. The molecule has 26 heteroatoms. The Morgan fingerprint density at radius 3 is 2.14 bits per heavy atom. The van der Waals surface area contributed by atoms with Crippen molar-refractivity contribution in [2.75, 3.05) is 55.8 Å². The van der Waals surface area contributed by atoms with Gasteiger partial charge < -0.3 is 57.5 Å². The molecule has 0 saturated carbocycles. The van der Waals surface area contributed by atoms with Crippen molar-refractivity contribution < 1.29 is 125 Å². The normalized spacial score (nSPS) is 18.8. The predicted molar refractivity (Wildman–Crippen MR) is 228 cm³/mol.